The number of ether oxygens (including phenoxy) is 2. The lowest BCUT2D eigenvalue weighted by molar-refractivity contribution is 0.0363. The highest BCUT2D eigenvalue weighted by molar-refractivity contribution is 5.83. The number of aryl methyl sites for hydroxylation is 1. The molecule has 9 heteroatoms. The van der Waals surface area contributed by atoms with Crippen LogP contribution in [0.1, 0.15) is 30.0 Å². The monoisotopic (exact) mass is 480 g/mol. The van der Waals surface area contributed by atoms with E-state index in [0.717, 1.165) is 29.6 Å². The number of likely N-dealkylation sites (tertiary alicyclic amines) is 1. The first-order chi connectivity index (χ1) is 17.1. The van der Waals surface area contributed by atoms with Gasteiger partial charge in [0.05, 0.1) is 23.5 Å². The Kier molecular flexibility index (Phi) is 5.91. The van der Waals surface area contributed by atoms with Crippen molar-refractivity contribution in [2.24, 2.45) is 0 Å². The van der Waals surface area contributed by atoms with Crippen LogP contribution >= 0.6 is 0 Å². The van der Waals surface area contributed by atoms with Crippen LogP contribution in [0.4, 0.5) is 4.39 Å². The molecule has 0 bridgehead atoms. The highest BCUT2D eigenvalue weighted by Crippen LogP contribution is 2.35. The minimum Gasteiger partial charge on any atom is -0.486 e. The average Bonchev–Trinajstić information content (AvgIpc) is 2.87. The molecule has 1 fully saturated rings. The average molecular weight is 481 g/mol. The Hall–Kier alpha value is -3.01. The van der Waals surface area contributed by atoms with Gasteiger partial charge in [0.15, 0.2) is 11.5 Å². The van der Waals surface area contributed by atoms with Gasteiger partial charge in [0.1, 0.15) is 19.0 Å². The zero-order valence-corrected chi connectivity index (χ0v) is 19.5. The molecule has 0 aliphatic carbocycles. The molecule has 1 saturated heterocycles. The van der Waals surface area contributed by atoms with Gasteiger partial charge in [-0.3, -0.25) is 9.78 Å². The highest BCUT2D eigenvalue weighted by Gasteiger charge is 2.32. The second kappa shape index (κ2) is 9.22. The fraction of sp³-hybridized carbons (Fsp3) is 0.462. The number of halogens is 1. The van der Waals surface area contributed by atoms with Gasteiger partial charge in [0, 0.05) is 55.8 Å². The quantitative estimate of drug-likeness (QED) is 0.578. The van der Waals surface area contributed by atoms with Gasteiger partial charge in [-0.2, -0.15) is 0 Å². The van der Waals surface area contributed by atoms with Crippen LogP contribution in [0.15, 0.2) is 41.3 Å². The molecule has 3 atom stereocenters. The van der Waals surface area contributed by atoms with Gasteiger partial charge in [-0.05, 0) is 43.0 Å². The molecule has 0 radical (unpaired) electrons. The van der Waals surface area contributed by atoms with Crippen molar-refractivity contribution in [3.05, 3.63) is 64.0 Å². The second-order valence-electron chi connectivity index (χ2n) is 9.63. The van der Waals surface area contributed by atoms with Gasteiger partial charge in [-0.15, -0.1) is 0 Å². The minimum atomic E-state index is -0.542. The van der Waals surface area contributed by atoms with E-state index in [1.807, 2.05) is 6.07 Å². The summed E-state index contributed by atoms with van der Waals surface area (Å²) in [5, 5.41) is 15.2. The zero-order chi connectivity index (χ0) is 23.9. The number of hydrogen-bond donors (Lipinski definition) is 2. The van der Waals surface area contributed by atoms with Gasteiger partial charge in [0.2, 0.25) is 0 Å². The van der Waals surface area contributed by atoms with Crippen molar-refractivity contribution < 1.29 is 19.0 Å². The number of piperidine rings is 1. The third kappa shape index (κ3) is 4.28. The number of β-amino-alcohol motifs (C(OH)–C–C–N with tert-alkyl or cyclic N) is 1. The van der Waals surface area contributed by atoms with Crippen molar-refractivity contribution in [2.45, 2.75) is 44.0 Å². The third-order valence-corrected chi connectivity index (χ3v) is 7.42. The van der Waals surface area contributed by atoms with E-state index >= 15 is 0 Å². The number of hydrogen-bond acceptors (Lipinski definition) is 7. The SMILES string of the molecule is O=c1ccc2ccc(F)c3c2n1CC[C@H]3CN1CC[C@H](NCc2cc3c(cn2)OCCO3)[C@H](O)C1. The summed E-state index contributed by atoms with van der Waals surface area (Å²) in [5.74, 6) is 1.09. The lowest BCUT2D eigenvalue weighted by atomic mass is 9.88. The molecule has 2 N–H and O–H groups in total. The molecule has 5 heterocycles. The molecule has 1 aromatic carbocycles. The summed E-state index contributed by atoms with van der Waals surface area (Å²) < 4.78 is 27.8. The molecule has 2 aromatic heterocycles. The summed E-state index contributed by atoms with van der Waals surface area (Å²) in [5.41, 5.74) is 2.10. The standard InChI is InChI=1S/C26H29FN4O4/c27-19-3-1-16-2-4-24(33)31-8-5-17(25(19)26(16)31)14-30-7-6-20(21(32)15-30)29-12-18-11-22-23(13-28-18)35-10-9-34-22/h1-4,11,13,17,20-21,29,32H,5-10,12,14-15H2/t17-,20-,21+/m0/s1. The molecule has 3 aromatic rings. The summed E-state index contributed by atoms with van der Waals surface area (Å²) in [7, 11) is 0. The largest absolute Gasteiger partial charge is 0.486 e. The van der Waals surface area contributed by atoms with E-state index in [4.69, 9.17) is 9.47 Å². The molecule has 3 aliphatic heterocycles. The second-order valence-corrected chi connectivity index (χ2v) is 9.63. The van der Waals surface area contributed by atoms with Crippen molar-refractivity contribution in [3.8, 4) is 11.5 Å². The van der Waals surface area contributed by atoms with Crippen LogP contribution in [0.2, 0.25) is 0 Å². The fourth-order valence-electron chi connectivity index (χ4n) is 5.65. The van der Waals surface area contributed by atoms with Crippen molar-refractivity contribution in [1.82, 2.24) is 19.8 Å². The molecule has 0 saturated carbocycles. The summed E-state index contributed by atoms with van der Waals surface area (Å²) in [6.07, 6.45) is 2.62. The maximum atomic E-state index is 15.0. The number of rotatable bonds is 5. The van der Waals surface area contributed by atoms with Crippen LogP contribution in [0.5, 0.6) is 11.5 Å². The topological polar surface area (TPSA) is 88.9 Å². The molecule has 0 spiro atoms. The molecule has 6 rings (SSSR count). The first-order valence-electron chi connectivity index (χ1n) is 12.3. The number of benzene rings is 1. The maximum absolute atomic E-state index is 15.0. The van der Waals surface area contributed by atoms with Gasteiger partial charge >= 0.3 is 0 Å². The highest BCUT2D eigenvalue weighted by atomic mass is 19.1. The molecule has 0 amide bonds. The molecule has 35 heavy (non-hydrogen) atoms. The van der Waals surface area contributed by atoms with Crippen molar-refractivity contribution in [1.29, 1.82) is 0 Å². The number of nitrogens with one attached hydrogen (secondary N) is 1. The van der Waals surface area contributed by atoms with Gasteiger partial charge in [-0.1, -0.05) is 0 Å². The normalized spacial score (nSPS) is 24.0. The Balaban J connectivity index is 1.10. The first-order valence-corrected chi connectivity index (χ1v) is 12.3. The minimum absolute atomic E-state index is 0.0147. The van der Waals surface area contributed by atoms with E-state index in [1.165, 1.54) is 6.07 Å². The summed E-state index contributed by atoms with van der Waals surface area (Å²) >= 11 is 0. The predicted molar refractivity (Wildman–Crippen MR) is 128 cm³/mol. The van der Waals surface area contributed by atoms with Crippen LogP contribution in [0.3, 0.4) is 0 Å². The van der Waals surface area contributed by atoms with Crippen LogP contribution in [0.25, 0.3) is 10.9 Å². The fourth-order valence-corrected chi connectivity index (χ4v) is 5.65. The Morgan fingerprint density at radius 3 is 2.80 bits per heavy atom. The Morgan fingerprint density at radius 1 is 1.11 bits per heavy atom. The number of pyridine rings is 2. The van der Waals surface area contributed by atoms with Crippen molar-refractivity contribution in [2.75, 3.05) is 32.8 Å². The summed E-state index contributed by atoms with van der Waals surface area (Å²) in [6.45, 7) is 4.15. The molecule has 0 unspecified atom stereocenters. The van der Waals surface area contributed by atoms with E-state index in [9.17, 15) is 14.3 Å². The van der Waals surface area contributed by atoms with E-state index in [1.54, 1.807) is 29.0 Å². The van der Waals surface area contributed by atoms with Crippen LogP contribution in [-0.4, -0.2) is 64.6 Å². The van der Waals surface area contributed by atoms with Crippen LogP contribution < -0.4 is 20.3 Å². The molecule has 3 aliphatic rings. The van der Waals surface area contributed by atoms with Gasteiger partial charge in [0.25, 0.3) is 5.56 Å². The molecule has 8 nitrogen and oxygen atoms in total. The maximum Gasteiger partial charge on any atom is 0.251 e. The number of aliphatic hydroxyl groups excluding tert-OH is 1. The molecule has 184 valence electrons. The third-order valence-electron chi connectivity index (χ3n) is 7.42. The van der Waals surface area contributed by atoms with Crippen molar-refractivity contribution in [3.63, 3.8) is 0 Å². The zero-order valence-electron chi connectivity index (χ0n) is 19.5. The number of fused-ring (bicyclic) bond motifs is 1. The number of nitrogens with zero attached hydrogens (tertiary/aromatic N) is 3. The summed E-state index contributed by atoms with van der Waals surface area (Å²) in [4.78, 5) is 19.0. The van der Waals surface area contributed by atoms with Gasteiger partial charge < -0.3 is 29.4 Å². The molecular formula is C26H29FN4O4. The van der Waals surface area contributed by atoms with Crippen LogP contribution in [0, 0.1) is 5.82 Å². The van der Waals surface area contributed by atoms with Gasteiger partial charge in [-0.25, -0.2) is 4.39 Å². The number of aromatic nitrogens is 2. The van der Waals surface area contributed by atoms with E-state index in [-0.39, 0.29) is 23.3 Å². The Labute approximate surface area is 202 Å². The molecular weight excluding hydrogens is 451 g/mol. The van der Waals surface area contributed by atoms with Crippen molar-refractivity contribution >= 4 is 10.9 Å². The lowest BCUT2D eigenvalue weighted by Gasteiger charge is -2.39. The van der Waals surface area contributed by atoms with Crippen LogP contribution in [-0.2, 0) is 13.1 Å². The predicted octanol–water partition coefficient (Wildman–Crippen LogP) is 2.02. The van der Waals surface area contributed by atoms with E-state index in [0.29, 0.717) is 62.9 Å². The number of aliphatic hydroxyl groups is 1. The van der Waals surface area contributed by atoms with E-state index in [2.05, 4.69) is 15.2 Å². The smallest absolute Gasteiger partial charge is 0.251 e. The lowest BCUT2D eigenvalue weighted by Crippen LogP contribution is -2.53. The van der Waals surface area contributed by atoms with E-state index < -0.39 is 6.10 Å². The summed E-state index contributed by atoms with van der Waals surface area (Å²) in [6, 6.07) is 8.40. The Bertz CT molecular complexity index is 1310. The first kappa shape index (κ1) is 22.5. The Morgan fingerprint density at radius 2 is 1.94 bits per heavy atom.